The molecule has 0 bridgehead atoms. The van der Waals surface area contributed by atoms with Crippen molar-refractivity contribution >= 4 is 34.2 Å². The van der Waals surface area contributed by atoms with Crippen LogP contribution >= 0.6 is 23.1 Å². The van der Waals surface area contributed by atoms with E-state index in [0.29, 0.717) is 12.2 Å². The van der Waals surface area contributed by atoms with Gasteiger partial charge in [-0.15, -0.1) is 10.2 Å². The largest absolute Gasteiger partial charge is 0.462 e. The Kier molecular flexibility index (Phi) is 6.60. The Morgan fingerprint density at radius 3 is 2.91 bits per heavy atom. The van der Waals surface area contributed by atoms with Crippen LogP contribution in [0.25, 0.3) is 0 Å². The number of nitrogens with zero attached hydrogens (tertiary/aromatic N) is 3. The minimum Gasteiger partial charge on any atom is -0.462 e. The molecule has 0 amide bonds. The molecule has 2 heterocycles. The molecule has 0 atom stereocenters. The van der Waals surface area contributed by atoms with Crippen LogP contribution in [0, 0.1) is 0 Å². The molecule has 0 unspecified atom stereocenters. The summed E-state index contributed by atoms with van der Waals surface area (Å²) in [5.74, 6) is -0.357. The van der Waals surface area contributed by atoms with Gasteiger partial charge in [0.05, 0.1) is 12.2 Å². The molecule has 0 aliphatic rings. The molecule has 2 aromatic heterocycles. The van der Waals surface area contributed by atoms with Gasteiger partial charge in [0, 0.05) is 12.7 Å². The topological polar surface area (TPSA) is 77.0 Å². The van der Waals surface area contributed by atoms with Gasteiger partial charge >= 0.3 is 5.97 Å². The quantitative estimate of drug-likeness (QED) is 0.583. The van der Waals surface area contributed by atoms with Gasteiger partial charge in [0.25, 0.3) is 0 Å². The average Bonchev–Trinajstić information content (AvgIpc) is 2.96. The van der Waals surface area contributed by atoms with E-state index in [4.69, 9.17) is 4.74 Å². The molecule has 0 saturated carbocycles. The summed E-state index contributed by atoms with van der Waals surface area (Å²) >= 11 is 2.92. The summed E-state index contributed by atoms with van der Waals surface area (Å²) in [6.45, 7) is 5.18. The monoisotopic (exact) mass is 338 g/mol. The predicted molar refractivity (Wildman–Crippen MR) is 87.6 cm³/mol. The SMILES string of the molecule is CCCCNc1nnc(Sc2ccc(C(=O)OCC)cn2)s1. The third-order valence-electron chi connectivity index (χ3n) is 2.65. The molecule has 118 valence electrons. The highest BCUT2D eigenvalue weighted by Gasteiger charge is 2.09. The van der Waals surface area contributed by atoms with Crippen molar-refractivity contribution in [2.24, 2.45) is 0 Å². The number of anilines is 1. The van der Waals surface area contributed by atoms with Gasteiger partial charge in [-0.3, -0.25) is 0 Å². The number of hydrogen-bond donors (Lipinski definition) is 1. The van der Waals surface area contributed by atoms with Crippen LogP contribution in [0.15, 0.2) is 27.7 Å². The molecule has 2 rings (SSSR count). The summed E-state index contributed by atoms with van der Waals surface area (Å²) in [5, 5.41) is 13.0. The first-order chi connectivity index (χ1) is 10.7. The maximum atomic E-state index is 11.5. The summed E-state index contributed by atoms with van der Waals surface area (Å²) < 4.78 is 5.74. The van der Waals surface area contributed by atoms with Crippen molar-refractivity contribution in [3.05, 3.63) is 23.9 Å². The number of nitrogens with one attached hydrogen (secondary N) is 1. The van der Waals surface area contributed by atoms with E-state index in [9.17, 15) is 4.79 Å². The van der Waals surface area contributed by atoms with Gasteiger partial charge in [-0.2, -0.15) is 0 Å². The van der Waals surface area contributed by atoms with Gasteiger partial charge in [-0.1, -0.05) is 24.7 Å². The third-order valence-corrected chi connectivity index (χ3v) is 4.53. The summed E-state index contributed by atoms with van der Waals surface area (Å²) in [6, 6.07) is 3.48. The van der Waals surface area contributed by atoms with E-state index in [1.54, 1.807) is 19.1 Å². The zero-order valence-corrected chi connectivity index (χ0v) is 14.2. The van der Waals surface area contributed by atoms with Crippen LogP contribution in [0.3, 0.4) is 0 Å². The van der Waals surface area contributed by atoms with Gasteiger partial charge in [0.15, 0.2) is 4.34 Å². The highest BCUT2D eigenvalue weighted by molar-refractivity contribution is 8.01. The summed E-state index contributed by atoms with van der Waals surface area (Å²) in [6.07, 6.45) is 3.77. The molecule has 0 aromatic carbocycles. The highest BCUT2D eigenvalue weighted by atomic mass is 32.2. The molecule has 6 nitrogen and oxygen atoms in total. The summed E-state index contributed by atoms with van der Waals surface area (Å²) in [7, 11) is 0. The molecule has 0 fully saturated rings. The second-order valence-electron chi connectivity index (χ2n) is 4.36. The lowest BCUT2D eigenvalue weighted by atomic mass is 10.3. The normalized spacial score (nSPS) is 10.5. The van der Waals surface area contributed by atoms with Gasteiger partial charge in [0.1, 0.15) is 5.03 Å². The van der Waals surface area contributed by atoms with Crippen molar-refractivity contribution in [3.63, 3.8) is 0 Å². The van der Waals surface area contributed by atoms with Crippen LogP contribution in [0.1, 0.15) is 37.0 Å². The fourth-order valence-corrected chi connectivity index (χ4v) is 3.22. The van der Waals surface area contributed by atoms with Gasteiger partial charge in [-0.25, -0.2) is 9.78 Å². The van der Waals surface area contributed by atoms with E-state index >= 15 is 0 Å². The lowest BCUT2D eigenvalue weighted by molar-refractivity contribution is 0.0525. The van der Waals surface area contributed by atoms with Crippen molar-refractivity contribution < 1.29 is 9.53 Å². The minimum absolute atomic E-state index is 0.355. The number of unbranched alkanes of at least 4 members (excludes halogenated alkanes) is 1. The Morgan fingerprint density at radius 1 is 1.36 bits per heavy atom. The summed E-state index contributed by atoms with van der Waals surface area (Å²) in [5.41, 5.74) is 0.449. The van der Waals surface area contributed by atoms with E-state index in [0.717, 1.165) is 33.9 Å². The molecule has 8 heteroatoms. The first-order valence-electron chi connectivity index (χ1n) is 7.11. The molecular weight excluding hydrogens is 320 g/mol. The molecule has 22 heavy (non-hydrogen) atoms. The zero-order chi connectivity index (χ0) is 15.8. The molecule has 0 saturated heterocycles. The standard InChI is InChI=1S/C14H18N4O2S2/c1-3-5-8-15-13-17-18-14(22-13)21-11-7-6-10(9-16-11)12(19)20-4-2/h6-7,9H,3-5,8H2,1-2H3,(H,15,17). The highest BCUT2D eigenvalue weighted by Crippen LogP contribution is 2.30. The first kappa shape index (κ1) is 16.7. The number of pyridine rings is 1. The Bertz CT molecular complexity index is 601. The van der Waals surface area contributed by atoms with E-state index in [-0.39, 0.29) is 5.97 Å². The second kappa shape index (κ2) is 8.70. The molecule has 0 aliphatic carbocycles. The van der Waals surface area contributed by atoms with E-state index in [1.165, 1.54) is 29.3 Å². The summed E-state index contributed by atoms with van der Waals surface area (Å²) in [4.78, 5) is 15.8. The second-order valence-corrected chi connectivity index (χ2v) is 6.61. The first-order valence-corrected chi connectivity index (χ1v) is 8.74. The number of ether oxygens (including phenoxy) is 1. The van der Waals surface area contributed by atoms with Crippen molar-refractivity contribution in [1.29, 1.82) is 0 Å². The Hall–Kier alpha value is -1.67. The van der Waals surface area contributed by atoms with Crippen LogP contribution in [-0.2, 0) is 4.74 Å². The maximum Gasteiger partial charge on any atom is 0.339 e. The molecule has 0 radical (unpaired) electrons. The van der Waals surface area contributed by atoms with Gasteiger partial charge in [0.2, 0.25) is 5.13 Å². The van der Waals surface area contributed by atoms with Gasteiger partial charge < -0.3 is 10.1 Å². The number of carbonyl (C=O) groups excluding carboxylic acids is 1. The van der Waals surface area contributed by atoms with E-state index in [2.05, 4.69) is 27.4 Å². The van der Waals surface area contributed by atoms with Crippen LogP contribution in [0.4, 0.5) is 5.13 Å². The molecule has 0 spiro atoms. The van der Waals surface area contributed by atoms with Crippen molar-refractivity contribution in [2.75, 3.05) is 18.5 Å². The number of carbonyl (C=O) groups is 1. The fourth-order valence-electron chi connectivity index (χ4n) is 1.56. The van der Waals surface area contributed by atoms with Crippen LogP contribution in [0.2, 0.25) is 0 Å². The lowest BCUT2D eigenvalue weighted by Crippen LogP contribution is -2.04. The maximum absolute atomic E-state index is 11.5. The van der Waals surface area contributed by atoms with Crippen LogP contribution < -0.4 is 5.32 Å². The predicted octanol–water partition coefficient (Wildman–Crippen LogP) is 3.47. The third kappa shape index (κ3) is 4.96. The fraction of sp³-hybridized carbons (Fsp3) is 0.429. The Balaban J connectivity index is 1.92. The minimum atomic E-state index is -0.357. The van der Waals surface area contributed by atoms with Crippen molar-refractivity contribution in [1.82, 2.24) is 15.2 Å². The zero-order valence-electron chi connectivity index (χ0n) is 12.5. The molecule has 2 aromatic rings. The van der Waals surface area contributed by atoms with Crippen molar-refractivity contribution in [2.45, 2.75) is 36.1 Å². The van der Waals surface area contributed by atoms with Crippen molar-refractivity contribution in [3.8, 4) is 0 Å². The Morgan fingerprint density at radius 2 is 2.23 bits per heavy atom. The van der Waals surface area contributed by atoms with Crippen LogP contribution in [-0.4, -0.2) is 34.3 Å². The lowest BCUT2D eigenvalue weighted by Gasteiger charge is -2.01. The number of esters is 1. The number of hydrogen-bond acceptors (Lipinski definition) is 8. The molecular formula is C14H18N4O2S2. The molecule has 0 aliphatic heterocycles. The smallest absolute Gasteiger partial charge is 0.339 e. The van der Waals surface area contributed by atoms with E-state index in [1.807, 2.05) is 0 Å². The van der Waals surface area contributed by atoms with E-state index < -0.39 is 0 Å². The average molecular weight is 338 g/mol. The molecule has 1 N–H and O–H groups in total. The Labute approximate surface area is 137 Å². The van der Waals surface area contributed by atoms with Gasteiger partial charge in [-0.05, 0) is 37.2 Å². The number of rotatable bonds is 8. The van der Waals surface area contributed by atoms with Crippen LogP contribution in [0.5, 0.6) is 0 Å². The number of aromatic nitrogens is 3.